The van der Waals surface area contributed by atoms with Crippen molar-refractivity contribution in [2.24, 2.45) is 0 Å². The summed E-state index contributed by atoms with van der Waals surface area (Å²) >= 11 is 5.24. The second-order valence-electron chi connectivity index (χ2n) is 2.85. The molecule has 4 heteroatoms. The lowest BCUT2D eigenvalue weighted by Crippen LogP contribution is -2.09. The van der Waals surface area contributed by atoms with Crippen molar-refractivity contribution in [3.05, 3.63) is 35.4 Å². The number of carbonyl (C=O) groups excluding carboxylic acids is 2. The van der Waals surface area contributed by atoms with Crippen LogP contribution in [0.2, 0.25) is 0 Å². The van der Waals surface area contributed by atoms with Crippen LogP contribution in [0.5, 0.6) is 0 Å². The van der Waals surface area contributed by atoms with Crippen molar-refractivity contribution in [3.8, 4) is 0 Å². The number of nitrogens with one attached hydrogen (secondary N) is 1. The van der Waals surface area contributed by atoms with Gasteiger partial charge in [-0.05, 0) is 22.7 Å². The highest BCUT2D eigenvalue weighted by Crippen LogP contribution is 2.06. The molecule has 0 spiro atoms. The van der Waals surface area contributed by atoms with Gasteiger partial charge < -0.3 is 5.32 Å². The summed E-state index contributed by atoms with van der Waals surface area (Å²) in [6.07, 6.45) is 0.888. The van der Waals surface area contributed by atoms with Crippen molar-refractivity contribution in [1.82, 2.24) is 5.32 Å². The van der Waals surface area contributed by atoms with Crippen molar-refractivity contribution in [2.45, 2.75) is 13.0 Å². The summed E-state index contributed by atoms with van der Waals surface area (Å²) in [7, 11) is 0. The van der Waals surface area contributed by atoms with Gasteiger partial charge in [0.1, 0.15) is 0 Å². The minimum Gasteiger partial charge on any atom is -0.355 e. The van der Waals surface area contributed by atoms with E-state index in [4.69, 9.17) is 11.6 Å². The van der Waals surface area contributed by atoms with E-state index in [2.05, 4.69) is 5.32 Å². The molecule has 74 valence electrons. The SMILES string of the molecule is O=CNCc1ccc(CC(=O)Cl)cc1. The number of hydrogen-bond acceptors (Lipinski definition) is 2. The van der Waals surface area contributed by atoms with Crippen LogP contribution in [0.3, 0.4) is 0 Å². The molecule has 0 fully saturated rings. The topological polar surface area (TPSA) is 46.2 Å². The van der Waals surface area contributed by atoms with Gasteiger partial charge in [0.2, 0.25) is 11.7 Å². The fourth-order valence-corrected chi connectivity index (χ4v) is 1.25. The number of halogens is 1. The molecule has 0 saturated carbocycles. The Morgan fingerprint density at radius 3 is 2.36 bits per heavy atom. The summed E-state index contributed by atoms with van der Waals surface area (Å²) < 4.78 is 0. The second-order valence-corrected chi connectivity index (χ2v) is 3.27. The largest absolute Gasteiger partial charge is 0.355 e. The van der Waals surface area contributed by atoms with E-state index < -0.39 is 0 Å². The maximum absolute atomic E-state index is 10.6. The van der Waals surface area contributed by atoms with Gasteiger partial charge in [-0.3, -0.25) is 9.59 Å². The van der Waals surface area contributed by atoms with Crippen LogP contribution in [0, 0.1) is 0 Å². The molecular formula is C10H10ClNO2. The highest BCUT2D eigenvalue weighted by atomic mass is 35.5. The Hall–Kier alpha value is -1.35. The van der Waals surface area contributed by atoms with Gasteiger partial charge in [0.25, 0.3) is 0 Å². The molecule has 1 amide bonds. The maximum Gasteiger partial charge on any atom is 0.226 e. The molecule has 14 heavy (non-hydrogen) atoms. The summed E-state index contributed by atoms with van der Waals surface area (Å²) in [6.45, 7) is 0.499. The third-order valence-electron chi connectivity index (χ3n) is 1.76. The number of carbonyl (C=O) groups is 2. The van der Waals surface area contributed by atoms with Gasteiger partial charge in [0, 0.05) is 13.0 Å². The van der Waals surface area contributed by atoms with E-state index in [0.29, 0.717) is 13.0 Å². The zero-order valence-electron chi connectivity index (χ0n) is 7.50. The lowest BCUT2D eigenvalue weighted by molar-refractivity contribution is -0.111. The zero-order chi connectivity index (χ0) is 10.4. The van der Waals surface area contributed by atoms with Crippen LogP contribution in [0.1, 0.15) is 11.1 Å². The molecule has 1 N–H and O–H groups in total. The Bertz CT molecular complexity index is 321. The van der Waals surface area contributed by atoms with Crippen molar-refractivity contribution >= 4 is 23.3 Å². The molecule has 3 nitrogen and oxygen atoms in total. The minimum absolute atomic E-state index is 0.239. The molecule has 0 radical (unpaired) electrons. The first kappa shape index (κ1) is 10.7. The smallest absolute Gasteiger partial charge is 0.226 e. The zero-order valence-corrected chi connectivity index (χ0v) is 8.25. The molecule has 0 unspecified atom stereocenters. The van der Waals surface area contributed by atoms with Crippen LogP contribution in [-0.2, 0) is 22.6 Å². The van der Waals surface area contributed by atoms with E-state index in [9.17, 15) is 9.59 Å². The molecule has 1 aromatic carbocycles. The second kappa shape index (κ2) is 5.40. The van der Waals surface area contributed by atoms with Crippen LogP contribution in [-0.4, -0.2) is 11.7 Å². The first-order chi connectivity index (χ1) is 6.72. The van der Waals surface area contributed by atoms with E-state index in [-0.39, 0.29) is 11.7 Å². The maximum atomic E-state index is 10.6. The summed E-state index contributed by atoms with van der Waals surface area (Å²) in [5.74, 6) is 0. The molecular weight excluding hydrogens is 202 g/mol. The van der Waals surface area contributed by atoms with Crippen molar-refractivity contribution in [2.75, 3.05) is 0 Å². The van der Waals surface area contributed by atoms with E-state index >= 15 is 0 Å². The van der Waals surface area contributed by atoms with Crippen LogP contribution < -0.4 is 5.32 Å². The molecule has 0 bridgehead atoms. The molecule has 1 aromatic rings. The predicted molar refractivity (Wildman–Crippen MR) is 53.9 cm³/mol. The van der Waals surface area contributed by atoms with Crippen LogP contribution in [0.4, 0.5) is 0 Å². The Kier molecular flexibility index (Phi) is 4.13. The molecule has 0 saturated heterocycles. The predicted octanol–water partition coefficient (Wildman–Crippen LogP) is 1.24. The average molecular weight is 212 g/mol. The van der Waals surface area contributed by atoms with Crippen molar-refractivity contribution in [1.29, 1.82) is 0 Å². The van der Waals surface area contributed by atoms with Crippen LogP contribution >= 0.6 is 11.6 Å². The molecule has 0 aliphatic rings. The average Bonchev–Trinajstić information content (AvgIpc) is 2.16. The van der Waals surface area contributed by atoms with Gasteiger partial charge in [-0.25, -0.2) is 0 Å². The highest BCUT2D eigenvalue weighted by Gasteiger charge is 1.99. The summed E-state index contributed by atoms with van der Waals surface area (Å²) in [5, 5.41) is 2.18. The fourth-order valence-electron chi connectivity index (χ4n) is 1.09. The monoisotopic (exact) mass is 211 g/mol. The first-order valence-corrected chi connectivity index (χ1v) is 4.53. The standard InChI is InChI=1S/C10H10ClNO2/c11-10(14)5-8-1-3-9(4-2-8)6-12-7-13/h1-4,7H,5-6H2,(H,12,13). The third kappa shape index (κ3) is 3.58. The van der Waals surface area contributed by atoms with Crippen molar-refractivity contribution in [3.63, 3.8) is 0 Å². The lowest BCUT2D eigenvalue weighted by atomic mass is 10.1. The first-order valence-electron chi connectivity index (χ1n) is 4.15. The van der Waals surface area contributed by atoms with Gasteiger partial charge in [0.05, 0.1) is 0 Å². The number of rotatable bonds is 5. The lowest BCUT2D eigenvalue weighted by Gasteiger charge is -2.01. The van der Waals surface area contributed by atoms with E-state index in [0.717, 1.165) is 11.1 Å². The number of hydrogen-bond donors (Lipinski definition) is 1. The van der Waals surface area contributed by atoms with Crippen molar-refractivity contribution < 1.29 is 9.59 Å². The fraction of sp³-hybridized carbons (Fsp3) is 0.200. The van der Waals surface area contributed by atoms with E-state index in [1.54, 1.807) is 0 Å². The summed E-state index contributed by atoms with van der Waals surface area (Å²) in [5.41, 5.74) is 1.86. The van der Waals surface area contributed by atoms with Crippen LogP contribution in [0.25, 0.3) is 0 Å². The van der Waals surface area contributed by atoms with E-state index in [1.807, 2.05) is 24.3 Å². The third-order valence-corrected chi connectivity index (χ3v) is 1.89. The molecule has 0 aliphatic carbocycles. The normalized spacial score (nSPS) is 9.50. The Morgan fingerprint density at radius 2 is 1.86 bits per heavy atom. The molecule has 1 rings (SSSR count). The Labute approximate surface area is 87.1 Å². The Morgan fingerprint density at radius 1 is 1.29 bits per heavy atom. The molecule has 0 aliphatic heterocycles. The highest BCUT2D eigenvalue weighted by molar-refractivity contribution is 6.63. The van der Waals surface area contributed by atoms with E-state index in [1.165, 1.54) is 0 Å². The molecule has 0 atom stereocenters. The summed E-state index contributed by atoms with van der Waals surface area (Å²) in [4.78, 5) is 20.6. The minimum atomic E-state index is -0.372. The van der Waals surface area contributed by atoms with Gasteiger partial charge in [-0.1, -0.05) is 24.3 Å². The molecule has 0 aromatic heterocycles. The number of amides is 1. The van der Waals surface area contributed by atoms with Gasteiger partial charge in [-0.2, -0.15) is 0 Å². The molecule has 0 heterocycles. The summed E-state index contributed by atoms with van der Waals surface area (Å²) in [6, 6.07) is 7.35. The number of benzene rings is 1. The quantitative estimate of drug-likeness (QED) is 0.589. The van der Waals surface area contributed by atoms with Gasteiger partial charge in [0.15, 0.2) is 0 Å². The van der Waals surface area contributed by atoms with Crippen LogP contribution in [0.15, 0.2) is 24.3 Å². The Balaban J connectivity index is 2.58. The van der Waals surface area contributed by atoms with Gasteiger partial charge >= 0.3 is 0 Å². The van der Waals surface area contributed by atoms with Gasteiger partial charge in [-0.15, -0.1) is 0 Å².